The Morgan fingerprint density at radius 3 is 2.57 bits per heavy atom. The molecule has 7 heteroatoms. The molecule has 0 atom stereocenters. The van der Waals surface area contributed by atoms with Crippen LogP contribution in [0.5, 0.6) is 0 Å². The number of hydrogen-bond acceptors (Lipinski definition) is 3. The molecule has 0 N–H and O–H groups in total. The Kier molecular flexibility index (Phi) is 3.17. The maximum Gasteiger partial charge on any atom is 0.0961 e. The Bertz CT molecular complexity index is 819. The first-order valence-electron chi connectivity index (χ1n) is 6.39. The lowest BCUT2D eigenvalue weighted by Gasteiger charge is -2.01. The highest BCUT2D eigenvalue weighted by atomic mass is 15.3. The van der Waals surface area contributed by atoms with Gasteiger partial charge >= 0.3 is 0 Å². The van der Waals surface area contributed by atoms with Gasteiger partial charge in [0.15, 0.2) is 0 Å². The van der Waals surface area contributed by atoms with Crippen molar-refractivity contribution in [2.45, 2.75) is 6.92 Å². The summed E-state index contributed by atoms with van der Waals surface area (Å²) < 4.78 is 3.60. The highest BCUT2D eigenvalue weighted by molar-refractivity contribution is 5.61. The van der Waals surface area contributed by atoms with E-state index in [2.05, 4.69) is 20.2 Å². The van der Waals surface area contributed by atoms with Crippen LogP contribution in [0.25, 0.3) is 27.4 Å². The third-order valence-corrected chi connectivity index (χ3v) is 3.37. The van der Waals surface area contributed by atoms with Crippen LogP contribution >= 0.6 is 0 Å². The van der Waals surface area contributed by atoms with Crippen molar-refractivity contribution in [2.24, 2.45) is 12.2 Å². The third-order valence-electron chi connectivity index (χ3n) is 3.37. The predicted octanol–water partition coefficient (Wildman–Crippen LogP) is 3.52. The normalized spacial score (nSPS) is 10.4. The van der Waals surface area contributed by atoms with Gasteiger partial charge in [0.2, 0.25) is 0 Å². The molecular weight excluding hydrogens is 266 g/mol. The molecule has 0 aliphatic heterocycles. The molecule has 0 aliphatic carbocycles. The Balaban J connectivity index is 1.94. The first-order valence-corrected chi connectivity index (χ1v) is 6.39. The fraction of sp³-hybridized carbons (Fsp3) is 0.143. The average Bonchev–Trinajstić information content (AvgIpc) is 3.09. The third kappa shape index (κ3) is 2.37. The number of nitrogens with zero attached hydrogens (tertiary/aromatic N) is 7. The van der Waals surface area contributed by atoms with Gasteiger partial charge in [-0.3, -0.25) is 4.68 Å². The van der Waals surface area contributed by atoms with Crippen LogP contribution in [0.2, 0.25) is 0 Å². The molecule has 3 rings (SSSR count). The molecule has 1 aromatic carbocycles. The lowest BCUT2D eigenvalue weighted by Crippen LogP contribution is -1.95. The van der Waals surface area contributed by atoms with Gasteiger partial charge in [0.05, 0.1) is 17.6 Å². The fourth-order valence-corrected chi connectivity index (χ4v) is 2.09. The van der Waals surface area contributed by atoms with Crippen molar-refractivity contribution in [2.75, 3.05) is 0 Å². The van der Waals surface area contributed by atoms with Gasteiger partial charge < -0.3 is 0 Å². The topological polar surface area (TPSA) is 84.4 Å². The van der Waals surface area contributed by atoms with Gasteiger partial charge in [0.25, 0.3) is 0 Å². The van der Waals surface area contributed by atoms with Gasteiger partial charge in [0.1, 0.15) is 0 Å². The van der Waals surface area contributed by atoms with Crippen LogP contribution in [0.15, 0.2) is 47.8 Å². The van der Waals surface area contributed by atoms with Crippen molar-refractivity contribution in [1.29, 1.82) is 0 Å². The van der Waals surface area contributed by atoms with Crippen molar-refractivity contribution in [3.63, 3.8) is 0 Å². The zero-order valence-corrected chi connectivity index (χ0v) is 11.7. The van der Waals surface area contributed by atoms with E-state index in [4.69, 9.17) is 5.53 Å². The van der Waals surface area contributed by atoms with E-state index in [1.807, 2.05) is 49.2 Å². The van der Waals surface area contributed by atoms with Gasteiger partial charge in [-0.25, -0.2) is 4.68 Å². The second-order valence-corrected chi connectivity index (χ2v) is 4.62. The highest BCUT2D eigenvalue weighted by Gasteiger charge is 2.09. The molecule has 0 bridgehead atoms. The molecular formula is C14H13N7. The van der Waals surface area contributed by atoms with Gasteiger partial charge in [-0.2, -0.15) is 10.2 Å². The monoisotopic (exact) mass is 279 g/mol. The standard InChI is InChI=1S/C14H13N7/c1-10-13(9-16-20(10)2)14-7-8-21(18-14)12-5-3-11(4-6-12)17-19-15/h3-9H,1-2H3. The number of azide groups is 1. The van der Waals surface area contributed by atoms with E-state index in [-0.39, 0.29) is 0 Å². The summed E-state index contributed by atoms with van der Waals surface area (Å²) in [5.74, 6) is 0. The second-order valence-electron chi connectivity index (χ2n) is 4.62. The second kappa shape index (κ2) is 5.15. The minimum atomic E-state index is 0.580. The van der Waals surface area contributed by atoms with E-state index in [1.165, 1.54) is 0 Å². The molecule has 0 radical (unpaired) electrons. The van der Waals surface area contributed by atoms with E-state index in [0.717, 1.165) is 22.6 Å². The minimum absolute atomic E-state index is 0.580. The molecule has 0 fully saturated rings. The van der Waals surface area contributed by atoms with E-state index in [1.54, 1.807) is 16.8 Å². The molecule has 2 heterocycles. The van der Waals surface area contributed by atoms with E-state index < -0.39 is 0 Å². The van der Waals surface area contributed by atoms with Crippen LogP contribution in [0.1, 0.15) is 5.69 Å². The zero-order chi connectivity index (χ0) is 14.8. The fourth-order valence-electron chi connectivity index (χ4n) is 2.09. The van der Waals surface area contributed by atoms with Gasteiger partial charge in [0, 0.05) is 35.1 Å². The Morgan fingerprint density at radius 2 is 1.95 bits per heavy atom. The summed E-state index contributed by atoms with van der Waals surface area (Å²) in [6.45, 7) is 2.01. The Hall–Kier alpha value is -3.05. The summed E-state index contributed by atoms with van der Waals surface area (Å²) in [4.78, 5) is 2.76. The SMILES string of the molecule is Cc1c(-c2ccn(-c3ccc(N=[N+]=[N-])cc3)n2)cnn1C. The molecule has 21 heavy (non-hydrogen) atoms. The molecule has 2 aromatic heterocycles. The Morgan fingerprint density at radius 1 is 1.19 bits per heavy atom. The molecule has 0 unspecified atom stereocenters. The van der Waals surface area contributed by atoms with E-state index in [0.29, 0.717) is 5.69 Å². The number of benzene rings is 1. The maximum absolute atomic E-state index is 8.40. The van der Waals surface area contributed by atoms with Crippen molar-refractivity contribution >= 4 is 5.69 Å². The molecule has 7 nitrogen and oxygen atoms in total. The average molecular weight is 279 g/mol. The molecule has 104 valence electrons. The molecule has 0 aliphatic rings. The number of aromatic nitrogens is 4. The van der Waals surface area contributed by atoms with Crippen LogP contribution in [0, 0.1) is 6.92 Å². The largest absolute Gasteiger partial charge is 0.272 e. The quantitative estimate of drug-likeness (QED) is 0.417. The molecule has 3 aromatic rings. The van der Waals surface area contributed by atoms with Crippen molar-refractivity contribution in [3.05, 3.63) is 58.9 Å². The summed E-state index contributed by atoms with van der Waals surface area (Å²) in [5.41, 5.74) is 12.8. The Labute approximate surface area is 121 Å². The maximum atomic E-state index is 8.40. The lowest BCUT2D eigenvalue weighted by atomic mass is 10.2. The van der Waals surface area contributed by atoms with E-state index >= 15 is 0 Å². The van der Waals surface area contributed by atoms with E-state index in [9.17, 15) is 0 Å². The predicted molar refractivity (Wildman–Crippen MR) is 79.3 cm³/mol. The first kappa shape index (κ1) is 13.0. The van der Waals surface area contributed by atoms with Crippen LogP contribution in [0.4, 0.5) is 5.69 Å². The molecule has 0 saturated carbocycles. The van der Waals surface area contributed by atoms with Gasteiger partial charge in [-0.15, -0.1) is 0 Å². The molecule has 0 spiro atoms. The van der Waals surface area contributed by atoms with Crippen molar-refractivity contribution < 1.29 is 0 Å². The molecule has 0 saturated heterocycles. The van der Waals surface area contributed by atoms with Crippen LogP contribution in [-0.4, -0.2) is 19.6 Å². The minimum Gasteiger partial charge on any atom is -0.272 e. The summed E-state index contributed by atoms with van der Waals surface area (Å²) in [5, 5.41) is 12.3. The van der Waals surface area contributed by atoms with Gasteiger partial charge in [-0.05, 0) is 30.7 Å². The summed E-state index contributed by atoms with van der Waals surface area (Å²) in [6, 6.07) is 9.18. The number of rotatable bonds is 3. The summed E-state index contributed by atoms with van der Waals surface area (Å²) in [6.07, 6.45) is 3.71. The van der Waals surface area contributed by atoms with Crippen molar-refractivity contribution in [1.82, 2.24) is 19.6 Å². The zero-order valence-electron chi connectivity index (χ0n) is 11.7. The first-order chi connectivity index (χ1) is 10.2. The molecule has 0 amide bonds. The van der Waals surface area contributed by atoms with Crippen LogP contribution < -0.4 is 0 Å². The number of hydrogen-bond donors (Lipinski definition) is 0. The lowest BCUT2D eigenvalue weighted by molar-refractivity contribution is 0.740. The summed E-state index contributed by atoms with van der Waals surface area (Å²) >= 11 is 0. The number of aryl methyl sites for hydroxylation is 1. The van der Waals surface area contributed by atoms with Crippen molar-refractivity contribution in [3.8, 4) is 16.9 Å². The van der Waals surface area contributed by atoms with Crippen LogP contribution in [-0.2, 0) is 7.05 Å². The highest BCUT2D eigenvalue weighted by Crippen LogP contribution is 2.22. The van der Waals surface area contributed by atoms with Crippen LogP contribution in [0.3, 0.4) is 0 Å². The summed E-state index contributed by atoms with van der Waals surface area (Å²) in [7, 11) is 1.91. The smallest absolute Gasteiger partial charge is 0.0961 e. The van der Waals surface area contributed by atoms with Gasteiger partial charge in [-0.1, -0.05) is 17.2 Å².